The molecule has 0 saturated heterocycles. The minimum absolute atomic E-state index is 0.186. The Bertz CT molecular complexity index is 1110. The van der Waals surface area contributed by atoms with E-state index in [1.807, 2.05) is 61.5 Å². The summed E-state index contributed by atoms with van der Waals surface area (Å²) in [6.45, 7) is 2.04. The van der Waals surface area contributed by atoms with Crippen LogP contribution < -0.4 is 9.75 Å². The molecule has 3 aromatic rings. The van der Waals surface area contributed by atoms with E-state index in [0.29, 0.717) is 17.0 Å². The van der Waals surface area contributed by atoms with Crippen molar-refractivity contribution < 1.29 is 13.9 Å². The molecule has 0 aromatic heterocycles. The fraction of sp³-hybridized carbons (Fsp3) is 0.0833. The molecule has 3 aromatic carbocycles. The summed E-state index contributed by atoms with van der Waals surface area (Å²) < 4.78 is 19.3. The summed E-state index contributed by atoms with van der Waals surface area (Å²) in [5, 5.41) is 5.80. The molecule has 29 heavy (non-hydrogen) atoms. The van der Waals surface area contributed by atoms with Crippen LogP contribution >= 0.6 is 0 Å². The van der Waals surface area contributed by atoms with Gasteiger partial charge in [0, 0.05) is 5.56 Å². The van der Waals surface area contributed by atoms with Gasteiger partial charge in [0.15, 0.2) is 0 Å². The molecule has 1 heterocycles. The van der Waals surface area contributed by atoms with E-state index in [0.717, 1.165) is 16.8 Å². The van der Waals surface area contributed by atoms with Gasteiger partial charge in [0.2, 0.25) is 0 Å². The molecule has 0 aliphatic carbocycles. The number of carbonyl (C=O) groups is 1. The fourth-order valence-corrected chi connectivity index (χ4v) is 3.10. The maximum absolute atomic E-state index is 13.4. The Hall–Kier alpha value is -3.73. The Morgan fingerprint density at radius 2 is 1.76 bits per heavy atom. The summed E-state index contributed by atoms with van der Waals surface area (Å²) in [6.07, 6.45) is 1.78. The van der Waals surface area contributed by atoms with Crippen LogP contribution in [0.3, 0.4) is 0 Å². The van der Waals surface area contributed by atoms with Crippen molar-refractivity contribution in [3.63, 3.8) is 0 Å². The molecule has 0 N–H and O–H groups in total. The first-order valence-electron chi connectivity index (χ1n) is 9.25. The minimum Gasteiger partial charge on any atom is -0.488 e. The second kappa shape index (κ2) is 8.10. The number of anilines is 1. The minimum atomic E-state index is -0.300. The maximum Gasteiger partial charge on any atom is 0.280 e. The Morgan fingerprint density at radius 1 is 1.00 bits per heavy atom. The molecular weight excluding hydrogens is 367 g/mol. The van der Waals surface area contributed by atoms with Gasteiger partial charge in [-0.15, -0.1) is 0 Å². The van der Waals surface area contributed by atoms with Crippen LogP contribution in [0.2, 0.25) is 0 Å². The normalized spacial score (nSPS) is 15.0. The van der Waals surface area contributed by atoms with E-state index in [1.165, 1.54) is 17.1 Å². The highest BCUT2D eigenvalue weighted by Crippen LogP contribution is 2.28. The topological polar surface area (TPSA) is 41.9 Å². The van der Waals surface area contributed by atoms with E-state index in [-0.39, 0.29) is 18.3 Å². The van der Waals surface area contributed by atoms with Gasteiger partial charge in [-0.25, -0.2) is 4.39 Å². The standard InChI is InChI=1S/C24H19FN2O2/c1-17-22(24(28)27(26-17)21-11-3-2-4-12-21)15-19-9-5-6-13-23(19)29-16-18-8-7-10-20(25)14-18/h2-15H,16H2,1H3. The lowest BCUT2D eigenvalue weighted by Crippen LogP contribution is -2.21. The van der Waals surface area contributed by atoms with E-state index in [4.69, 9.17) is 4.74 Å². The lowest BCUT2D eigenvalue weighted by molar-refractivity contribution is -0.114. The molecule has 144 valence electrons. The van der Waals surface area contributed by atoms with Crippen LogP contribution in [0.5, 0.6) is 5.75 Å². The van der Waals surface area contributed by atoms with Crippen LogP contribution in [-0.4, -0.2) is 11.6 Å². The molecule has 1 aliphatic heterocycles. The van der Waals surface area contributed by atoms with Crippen LogP contribution in [0.1, 0.15) is 18.1 Å². The Kier molecular flexibility index (Phi) is 5.20. The molecule has 5 heteroatoms. The summed E-state index contributed by atoms with van der Waals surface area (Å²) in [4.78, 5) is 12.9. The summed E-state index contributed by atoms with van der Waals surface area (Å²) in [6, 6.07) is 23.0. The summed E-state index contributed by atoms with van der Waals surface area (Å²) in [5.41, 5.74) is 3.36. The van der Waals surface area contributed by atoms with Gasteiger partial charge in [0.25, 0.3) is 5.91 Å². The average molecular weight is 386 g/mol. The van der Waals surface area contributed by atoms with Gasteiger partial charge in [-0.1, -0.05) is 48.5 Å². The smallest absolute Gasteiger partial charge is 0.280 e. The molecule has 0 spiro atoms. The number of hydrogen-bond acceptors (Lipinski definition) is 3. The van der Waals surface area contributed by atoms with E-state index >= 15 is 0 Å². The van der Waals surface area contributed by atoms with E-state index in [1.54, 1.807) is 18.2 Å². The first kappa shape index (κ1) is 18.6. The lowest BCUT2D eigenvalue weighted by atomic mass is 10.1. The molecule has 0 saturated carbocycles. The zero-order valence-corrected chi connectivity index (χ0v) is 15.9. The average Bonchev–Trinajstić information content (AvgIpc) is 3.02. The predicted octanol–water partition coefficient (Wildman–Crippen LogP) is 5.21. The number of carbonyl (C=O) groups excluding carboxylic acids is 1. The van der Waals surface area contributed by atoms with Crippen molar-refractivity contribution in [2.45, 2.75) is 13.5 Å². The molecule has 0 unspecified atom stereocenters. The van der Waals surface area contributed by atoms with Crippen LogP contribution in [0.4, 0.5) is 10.1 Å². The Morgan fingerprint density at radius 3 is 2.55 bits per heavy atom. The van der Waals surface area contributed by atoms with Crippen LogP contribution in [0.15, 0.2) is 89.5 Å². The van der Waals surface area contributed by atoms with Crippen molar-refractivity contribution in [2.24, 2.45) is 5.10 Å². The largest absolute Gasteiger partial charge is 0.488 e. The van der Waals surface area contributed by atoms with Gasteiger partial charge in [0.1, 0.15) is 18.2 Å². The molecular formula is C24H19FN2O2. The Labute approximate surface area is 168 Å². The van der Waals surface area contributed by atoms with Crippen LogP contribution in [-0.2, 0) is 11.4 Å². The summed E-state index contributed by atoms with van der Waals surface area (Å²) in [5.74, 6) is 0.127. The van der Waals surface area contributed by atoms with Gasteiger partial charge in [-0.05, 0) is 48.9 Å². The van der Waals surface area contributed by atoms with Gasteiger partial charge in [-0.3, -0.25) is 4.79 Å². The number of halogens is 1. The number of hydrazone groups is 1. The van der Waals surface area contributed by atoms with Crippen LogP contribution in [0, 0.1) is 5.82 Å². The monoisotopic (exact) mass is 386 g/mol. The number of hydrogen-bond donors (Lipinski definition) is 0. The van der Waals surface area contributed by atoms with Crippen molar-refractivity contribution in [1.29, 1.82) is 0 Å². The SMILES string of the molecule is CC1=NN(c2ccccc2)C(=O)C1=Cc1ccccc1OCc1cccc(F)c1. The first-order chi connectivity index (χ1) is 14.1. The number of ether oxygens (including phenoxy) is 1. The highest BCUT2D eigenvalue weighted by molar-refractivity contribution is 6.32. The van der Waals surface area contributed by atoms with Gasteiger partial charge in [0.05, 0.1) is 17.0 Å². The maximum atomic E-state index is 13.4. The summed E-state index contributed by atoms with van der Waals surface area (Å²) >= 11 is 0. The van der Waals surface area contributed by atoms with Gasteiger partial charge in [-0.2, -0.15) is 10.1 Å². The molecule has 1 amide bonds. The highest BCUT2D eigenvalue weighted by Gasteiger charge is 2.28. The molecule has 4 rings (SSSR count). The quantitative estimate of drug-likeness (QED) is 0.565. The zero-order chi connectivity index (χ0) is 20.2. The van der Waals surface area contributed by atoms with Crippen molar-refractivity contribution in [3.8, 4) is 5.75 Å². The first-order valence-corrected chi connectivity index (χ1v) is 9.25. The van der Waals surface area contributed by atoms with Gasteiger partial charge < -0.3 is 4.74 Å². The Balaban J connectivity index is 1.58. The number of amides is 1. The molecule has 0 atom stereocenters. The number of rotatable bonds is 5. The predicted molar refractivity (Wildman–Crippen MR) is 112 cm³/mol. The molecule has 0 bridgehead atoms. The van der Waals surface area contributed by atoms with Gasteiger partial charge >= 0.3 is 0 Å². The van der Waals surface area contributed by atoms with Crippen molar-refractivity contribution in [2.75, 3.05) is 5.01 Å². The third-order valence-electron chi connectivity index (χ3n) is 4.57. The number of para-hydroxylation sites is 2. The summed E-state index contributed by atoms with van der Waals surface area (Å²) in [7, 11) is 0. The highest BCUT2D eigenvalue weighted by atomic mass is 19.1. The van der Waals surface area contributed by atoms with Crippen molar-refractivity contribution in [3.05, 3.63) is 101 Å². The van der Waals surface area contributed by atoms with E-state index in [9.17, 15) is 9.18 Å². The second-order valence-corrected chi connectivity index (χ2v) is 6.65. The fourth-order valence-electron chi connectivity index (χ4n) is 3.10. The number of benzene rings is 3. The molecule has 4 nitrogen and oxygen atoms in total. The second-order valence-electron chi connectivity index (χ2n) is 6.65. The molecule has 0 radical (unpaired) electrons. The lowest BCUT2D eigenvalue weighted by Gasteiger charge is -2.12. The van der Waals surface area contributed by atoms with Crippen molar-refractivity contribution >= 4 is 23.4 Å². The third-order valence-corrected chi connectivity index (χ3v) is 4.57. The van der Waals surface area contributed by atoms with E-state index in [2.05, 4.69) is 5.10 Å². The van der Waals surface area contributed by atoms with Crippen molar-refractivity contribution in [1.82, 2.24) is 0 Å². The number of nitrogens with zero attached hydrogens (tertiary/aromatic N) is 2. The van der Waals surface area contributed by atoms with Crippen LogP contribution in [0.25, 0.3) is 6.08 Å². The molecule has 1 aliphatic rings. The third kappa shape index (κ3) is 4.09. The molecule has 0 fully saturated rings. The zero-order valence-electron chi connectivity index (χ0n) is 15.9. The van der Waals surface area contributed by atoms with E-state index < -0.39 is 0 Å².